The van der Waals surface area contributed by atoms with Crippen molar-refractivity contribution in [2.45, 2.75) is 13.8 Å². The molecule has 0 unspecified atom stereocenters. The lowest BCUT2D eigenvalue weighted by Gasteiger charge is -2.26. The van der Waals surface area contributed by atoms with Gasteiger partial charge in [0.25, 0.3) is 11.8 Å². The molecule has 4 rings (SSSR count). The van der Waals surface area contributed by atoms with Crippen LogP contribution in [0.4, 0.5) is 0 Å². The van der Waals surface area contributed by atoms with Gasteiger partial charge in [-0.25, -0.2) is 0 Å². The predicted octanol–water partition coefficient (Wildman–Crippen LogP) is 4.77. The Morgan fingerprint density at radius 3 is 2.57 bits per heavy atom. The summed E-state index contributed by atoms with van der Waals surface area (Å²) >= 11 is 1.50. The van der Waals surface area contributed by atoms with E-state index in [1.165, 1.54) is 11.3 Å². The van der Waals surface area contributed by atoms with Gasteiger partial charge in [0.05, 0.1) is 4.70 Å². The van der Waals surface area contributed by atoms with Crippen LogP contribution in [0.2, 0.25) is 0 Å². The summed E-state index contributed by atoms with van der Waals surface area (Å²) in [5, 5.41) is 9.33. The van der Waals surface area contributed by atoms with E-state index in [0.29, 0.717) is 11.1 Å². The number of thiophene rings is 1. The summed E-state index contributed by atoms with van der Waals surface area (Å²) in [4.78, 5) is 26.9. The van der Waals surface area contributed by atoms with E-state index in [2.05, 4.69) is 0 Å². The number of nitriles is 1. The minimum Gasteiger partial charge on any atom is -0.455 e. The third-order valence-corrected chi connectivity index (χ3v) is 5.72. The molecule has 5 nitrogen and oxygen atoms in total. The summed E-state index contributed by atoms with van der Waals surface area (Å²) in [6, 6.07) is 15.6. The summed E-state index contributed by atoms with van der Waals surface area (Å²) in [7, 11) is 0. The Bertz CT molecular complexity index is 1170. The predicted molar refractivity (Wildman–Crippen MR) is 108 cm³/mol. The molecule has 3 heterocycles. The Hall–Kier alpha value is -3.43. The first-order chi connectivity index (χ1) is 13.5. The monoisotopic (exact) mass is 388 g/mol. The molecule has 0 radical (unpaired) electrons. The first-order valence-corrected chi connectivity index (χ1v) is 9.63. The average molecular weight is 388 g/mol. The van der Waals surface area contributed by atoms with Crippen LogP contribution in [0.25, 0.3) is 27.7 Å². The molecule has 0 saturated heterocycles. The second kappa shape index (κ2) is 6.95. The molecule has 138 valence electrons. The van der Waals surface area contributed by atoms with Gasteiger partial charge in [0.15, 0.2) is 0 Å². The second-order valence-electron chi connectivity index (χ2n) is 6.38. The molecule has 1 aliphatic rings. The van der Waals surface area contributed by atoms with Crippen molar-refractivity contribution in [2.75, 3.05) is 6.54 Å². The van der Waals surface area contributed by atoms with Gasteiger partial charge in [-0.3, -0.25) is 14.5 Å². The number of furan rings is 1. The Morgan fingerprint density at radius 1 is 1.18 bits per heavy atom. The molecule has 1 aromatic carbocycles. The van der Waals surface area contributed by atoms with Gasteiger partial charge in [0.1, 0.15) is 23.0 Å². The maximum absolute atomic E-state index is 12.7. The van der Waals surface area contributed by atoms with Crippen LogP contribution in [0.15, 0.2) is 63.6 Å². The van der Waals surface area contributed by atoms with Crippen molar-refractivity contribution < 1.29 is 14.0 Å². The zero-order chi connectivity index (χ0) is 19.8. The highest BCUT2D eigenvalue weighted by molar-refractivity contribution is 7.19. The molecule has 0 atom stereocenters. The van der Waals surface area contributed by atoms with Crippen molar-refractivity contribution in [2.24, 2.45) is 0 Å². The normalized spacial score (nSPS) is 16.3. The van der Waals surface area contributed by atoms with E-state index >= 15 is 0 Å². The molecule has 1 aliphatic heterocycles. The number of nitrogens with zero attached hydrogens (tertiary/aromatic N) is 2. The minimum atomic E-state index is -0.530. The van der Waals surface area contributed by atoms with E-state index in [1.807, 2.05) is 48.5 Å². The molecule has 6 heteroatoms. The van der Waals surface area contributed by atoms with Gasteiger partial charge in [-0.15, -0.1) is 11.3 Å². The van der Waals surface area contributed by atoms with Crippen molar-refractivity contribution in [3.05, 3.63) is 64.1 Å². The van der Waals surface area contributed by atoms with Crippen molar-refractivity contribution >= 4 is 39.5 Å². The molecular weight excluding hydrogens is 372 g/mol. The van der Waals surface area contributed by atoms with Crippen LogP contribution in [0.3, 0.4) is 0 Å². The number of fused-ring (bicyclic) bond motifs is 1. The van der Waals surface area contributed by atoms with Crippen LogP contribution in [0, 0.1) is 11.3 Å². The molecule has 0 spiro atoms. The number of benzene rings is 1. The van der Waals surface area contributed by atoms with E-state index in [0.717, 1.165) is 31.4 Å². The maximum Gasteiger partial charge on any atom is 0.271 e. The van der Waals surface area contributed by atoms with Crippen molar-refractivity contribution in [3.63, 3.8) is 0 Å². The quantitative estimate of drug-likeness (QED) is 0.478. The highest BCUT2D eigenvalue weighted by Crippen LogP contribution is 2.35. The van der Waals surface area contributed by atoms with Gasteiger partial charge >= 0.3 is 0 Å². The highest BCUT2D eigenvalue weighted by atomic mass is 32.1. The van der Waals surface area contributed by atoms with Crippen LogP contribution in [-0.4, -0.2) is 23.3 Å². The number of likely N-dealkylation sites (N-methyl/N-ethyl adjacent to an activating group) is 1. The highest BCUT2D eigenvalue weighted by Gasteiger charge is 2.34. The Labute approximate surface area is 165 Å². The molecule has 28 heavy (non-hydrogen) atoms. The van der Waals surface area contributed by atoms with Crippen molar-refractivity contribution in [1.82, 2.24) is 4.90 Å². The Morgan fingerprint density at radius 2 is 1.93 bits per heavy atom. The lowest BCUT2D eigenvalue weighted by molar-refractivity contribution is -0.140. The van der Waals surface area contributed by atoms with Gasteiger partial charge in [-0.2, -0.15) is 5.26 Å². The Balaban J connectivity index is 1.76. The van der Waals surface area contributed by atoms with E-state index < -0.39 is 5.91 Å². The fraction of sp³-hybridized carbons (Fsp3) is 0.136. The standard InChI is InChI=1S/C22H16N2O3S/c1-3-24-21(25)16(13(2)17(12-23)22(24)26)9-15-10-19-20(28-15)11-18(27-19)14-7-5-4-6-8-14/h4-11H,3H2,1-2H3/b16-9-. The van der Waals surface area contributed by atoms with Crippen molar-refractivity contribution in [1.29, 1.82) is 5.26 Å². The summed E-state index contributed by atoms with van der Waals surface area (Å²) < 4.78 is 6.92. The molecule has 3 aromatic rings. The maximum atomic E-state index is 12.7. The number of amides is 2. The van der Waals surface area contributed by atoms with Crippen LogP contribution in [0.1, 0.15) is 18.7 Å². The van der Waals surface area contributed by atoms with E-state index in [1.54, 1.807) is 19.9 Å². The average Bonchev–Trinajstić information content (AvgIpc) is 3.25. The molecule has 0 fully saturated rings. The van der Waals surface area contributed by atoms with Crippen LogP contribution >= 0.6 is 11.3 Å². The van der Waals surface area contributed by atoms with E-state index in [-0.39, 0.29) is 18.0 Å². The molecule has 0 saturated carbocycles. The first-order valence-electron chi connectivity index (χ1n) is 8.81. The van der Waals surface area contributed by atoms with E-state index in [9.17, 15) is 14.9 Å². The second-order valence-corrected chi connectivity index (χ2v) is 7.49. The number of carbonyl (C=O) groups excluding carboxylic acids is 2. The van der Waals surface area contributed by atoms with Gasteiger partial charge in [-0.1, -0.05) is 30.3 Å². The molecule has 0 aliphatic carbocycles. The third kappa shape index (κ3) is 2.86. The number of imide groups is 1. The van der Waals surface area contributed by atoms with Gasteiger partial charge in [-0.05, 0) is 31.6 Å². The lowest BCUT2D eigenvalue weighted by Crippen LogP contribution is -2.42. The number of carbonyl (C=O) groups is 2. The third-order valence-electron chi connectivity index (χ3n) is 4.71. The van der Waals surface area contributed by atoms with Gasteiger partial charge in [0.2, 0.25) is 0 Å². The topological polar surface area (TPSA) is 74.3 Å². The zero-order valence-corrected chi connectivity index (χ0v) is 16.2. The molecule has 0 bridgehead atoms. The number of rotatable bonds is 3. The van der Waals surface area contributed by atoms with E-state index in [4.69, 9.17) is 4.42 Å². The Kier molecular flexibility index (Phi) is 4.46. The number of hydrogen-bond acceptors (Lipinski definition) is 5. The molecule has 2 amide bonds. The summed E-state index contributed by atoms with van der Waals surface area (Å²) in [5.74, 6) is -0.114. The number of hydrogen-bond donors (Lipinski definition) is 0. The summed E-state index contributed by atoms with van der Waals surface area (Å²) in [6.07, 6.45) is 1.73. The van der Waals surface area contributed by atoms with Gasteiger partial charge in [0, 0.05) is 28.6 Å². The molecule has 0 N–H and O–H groups in total. The summed E-state index contributed by atoms with van der Waals surface area (Å²) in [5.41, 5.74) is 2.54. The van der Waals surface area contributed by atoms with Crippen LogP contribution in [0.5, 0.6) is 0 Å². The largest absolute Gasteiger partial charge is 0.455 e. The SMILES string of the molecule is CCN1C(=O)C(C#N)=C(C)/C(=C/c2cc3oc(-c4ccccc4)cc3s2)C1=O. The smallest absolute Gasteiger partial charge is 0.271 e. The van der Waals surface area contributed by atoms with Crippen LogP contribution < -0.4 is 0 Å². The summed E-state index contributed by atoms with van der Waals surface area (Å²) in [6.45, 7) is 3.57. The fourth-order valence-electron chi connectivity index (χ4n) is 3.23. The first kappa shape index (κ1) is 18.0. The minimum absolute atomic E-state index is 0.0132. The molecular formula is C22H16N2O3S. The molecule has 2 aromatic heterocycles. The zero-order valence-electron chi connectivity index (χ0n) is 15.4. The van der Waals surface area contributed by atoms with Crippen molar-refractivity contribution in [3.8, 4) is 17.4 Å². The van der Waals surface area contributed by atoms with Crippen LogP contribution in [-0.2, 0) is 9.59 Å². The van der Waals surface area contributed by atoms with Gasteiger partial charge < -0.3 is 4.42 Å². The lowest BCUT2D eigenvalue weighted by atomic mass is 9.95. The fourth-order valence-corrected chi connectivity index (χ4v) is 4.19.